The van der Waals surface area contributed by atoms with Gasteiger partial charge >= 0.3 is 0 Å². The smallest absolute Gasteiger partial charge is 0.280 e. The summed E-state index contributed by atoms with van der Waals surface area (Å²) in [5.41, 5.74) is -0.0299. The number of aromatic nitrogens is 2. The van der Waals surface area contributed by atoms with E-state index in [0.29, 0.717) is 6.61 Å². The molecule has 0 saturated carbocycles. The van der Waals surface area contributed by atoms with Gasteiger partial charge in [-0.15, -0.1) is 0 Å². The van der Waals surface area contributed by atoms with Crippen LogP contribution in [0.1, 0.15) is 25.3 Å². The number of nitrogens with zero attached hydrogens (tertiary/aromatic N) is 2. The standard InChI is InChI=1S/C11H15ClN2O3S2/c12-19(15,16)10-6-14(8-13-10)9-1-3-17-11(5-9)2-4-18-7-11/h6,8-9H,1-5,7H2. The third-order valence-electron chi connectivity index (χ3n) is 3.78. The van der Waals surface area contributed by atoms with Crippen molar-refractivity contribution < 1.29 is 13.2 Å². The molecule has 3 rings (SSSR count). The Labute approximate surface area is 121 Å². The summed E-state index contributed by atoms with van der Waals surface area (Å²) < 4.78 is 30.3. The van der Waals surface area contributed by atoms with Crippen LogP contribution in [0.5, 0.6) is 0 Å². The van der Waals surface area contributed by atoms with Gasteiger partial charge < -0.3 is 9.30 Å². The molecule has 0 N–H and O–H groups in total. The van der Waals surface area contributed by atoms with Crippen LogP contribution >= 0.6 is 22.4 Å². The molecular weight excluding hydrogens is 308 g/mol. The van der Waals surface area contributed by atoms with Gasteiger partial charge in [0.1, 0.15) is 0 Å². The first-order valence-corrected chi connectivity index (χ1v) is 9.65. The summed E-state index contributed by atoms with van der Waals surface area (Å²) in [5.74, 6) is 2.16. The SMILES string of the molecule is O=S(=O)(Cl)c1cn(C2CCOC3(CCSC3)C2)cn1. The van der Waals surface area contributed by atoms with Crippen LogP contribution in [0.3, 0.4) is 0 Å². The summed E-state index contributed by atoms with van der Waals surface area (Å²) in [7, 11) is 1.56. The first-order valence-electron chi connectivity index (χ1n) is 6.18. The fourth-order valence-electron chi connectivity index (χ4n) is 2.76. The molecule has 0 aromatic carbocycles. The van der Waals surface area contributed by atoms with E-state index in [1.807, 2.05) is 16.3 Å². The molecule has 2 fully saturated rings. The summed E-state index contributed by atoms with van der Waals surface area (Å²) in [6.07, 6.45) is 5.95. The van der Waals surface area contributed by atoms with Gasteiger partial charge in [-0.05, 0) is 25.0 Å². The lowest BCUT2D eigenvalue weighted by Gasteiger charge is -2.38. The summed E-state index contributed by atoms with van der Waals surface area (Å²) in [6, 6.07) is 0.243. The average molecular weight is 323 g/mol. The van der Waals surface area contributed by atoms with E-state index in [0.717, 1.165) is 30.8 Å². The molecule has 2 unspecified atom stereocenters. The van der Waals surface area contributed by atoms with Gasteiger partial charge in [-0.25, -0.2) is 13.4 Å². The van der Waals surface area contributed by atoms with Crippen molar-refractivity contribution in [3.63, 3.8) is 0 Å². The zero-order valence-electron chi connectivity index (χ0n) is 10.3. The Bertz CT molecular complexity index is 566. The molecule has 19 heavy (non-hydrogen) atoms. The van der Waals surface area contributed by atoms with E-state index < -0.39 is 9.05 Å². The number of imidazole rings is 1. The van der Waals surface area contributed by atoms with Gasteiger partial charge in [0.05, 0.1) is 11.9 Å². The van der Waals surface area contributed by atoms with Gasteiger partial charge in [-0.1, -0.05) is 0 Å². The molecular formula is C11H15ClN2O3S2. The second-order valence-electron chi connectivity index (χ2n) is 5.08. The van der Waals surface area contributed by atoms with Crippen molar-refractivity contribution in [3.05, 3.63) is 12.5 Å². The topological polar surface area (TPSA) is 61.2 Å². The van der Waals surface area contributed by atoms with E-state index in [1.165, 1.54) is 6.20 Å². The highest BCUT2D eigenvalue weighted by Gasteiger charge is 2.41. The molecule has 5 nitrogen and oxygen atoms in total. The maximum absolute atomic E-state index is 11.2. The van der Waals surface area contributed by atoms with E-state index in [1.54, 1.807) is 6.33 Å². The lowest BCUT2D eigenvalue weighted by molar-refractivity contribution is -0.0762. The Morgan fingerprint density at radius 2 is 2.42 bits per heavy atom. The van der Waals surface area contributed by atoms with E-state index in [9.17, 15) is 8.42 Å². The second kappa shape index (κ2) is 4.95. The number of thioether (sulfide) groups is 1. The van der Waals surface area contributed by atoms with Crippen molar-refractivity contribution >= 4 is 31.5 Å². The molecule has 0 amide bonds. The van der Waals surface area contributed by atoms with E-state index in [-0.39, 0.29) is 16.7 Å². The van der Waals surface area contributed by atoms with Crippen molar-refractivity contribution in [1.82, 2.24) is 9.55 Å². The van der Waals surface area contributed by atoms with Gasteiger partial charge in [0.2, 0.25) is 0 Å². The first kappa shape index (κ1) is 13.7. The van der Waals surface area contributed by atoms with Crippen molar-refractivity contribution in [3.8, 4) is 0 Å². The van der Waals surface area contributed by atoms with Crippen LogP contribution in [-0.2, 0) is 13.8 Å². The maximum Gasteiger partial charge on any atom is 0.280 e. The summed E-state index contributed by atoms with van der Waals surface area (Å²) >= 11 is 1.92. The molecule has 1 aromatic rings. The Morgan fingerprint density at radius 1 is 1.58 bits per heavy atom. The Hall–Kier alpha value is -0.240. The highest BCUT2D eigenvalue weighted by atomic mass is 35.7. The minimum absolute atomic E-state index is 0.0299. The van der Waals surface area contributed by atoms with Crippen LogP contribution in [0.15, 0.2) is 17.6 Å². The number of halogens is 1. The molecule has 1 spiro atoms. The van der Waals surface area contributed by atoms with Gasteiger partial charge in [0.15, 0.2) is 5.03 Å². The molecule has 8 heteroatoms. The summed E-state index contributed by atoms with van der Waals surface area (Å²) in [5, 5.41) is -0.0736. The predicted octanol–water partition coefficient (Wildman–Crippen LogP) is 2.04. The molecule has 3 heterocycles. The molecule has 106 valence electrons. The minimum atomic E-state index is -3.74. The predicted molar refractivity (Wildman–Crippen MR) is 74.2 cm³/mol. The molecule has 2 saturated heterocycles. The fourth-order valence-corrected chi connectivity index (χ4v) is 4.80. The van der Waals surface area contributed by atoms with Gasteiger partial charge in [0.25, 0.3) is 9.05 Å². The number of hydrogen-bond acceptors (Lipinski definition) is 5. The van der Waals surface area contributed by atoms with Crippen LogP contribution in [0, 0.1) is 0 Å². The van der Waals surface area contributed by atoms with Crippen LogP contribution in [0.25, 0.3) is 0 Å². The summed E-state index contributed by atoms with van der Waals surface area (Å²) in [6.45, 7) is 0.715. The molecule has 1 aromatic heterocycles. The third kappa shape index (κ3) is 2.79. The van der Waals surface area contributed by atoms with Crippen molar-refractivity contribution in [2.24, 2.45) is 0 Å². The van der Waals surface area contributed by atoms with Gasteiger partial charge in [-0.2, -0.15) is 11.8 Å². The largest absolute Gasteiger partial charge is 0.374 e. The first-order chi connectivity index (χ1) is 8.99. The molecule has 0 aliphatic carbocycles. The molecule has 2 aliphatic heterocycles. The lowest BCUT2D eigenvalue weighted by atomic mass is 9.90. The second-order valence-corrected chi connectivity index (χ2v) is 8.70. The van der Waals surface area contributed by atoms with E-state index >= 15 is 0 Å². The van der Waals surface area contributed by atoms with E-state index in [4.69, 9.17) is 15.4 Å². The Balaban J connectivity index is 1.80. The minimum Gasteiger partial charge on any atom is -0.374 e. The molecule has 2 atom stereocenters. The number of ether oxygens (including phenoxy) is 1. The van der Waals surface area contributed by atoms with Gasteiger partial charge in [-0.3, -0.25) is 0 Å². The maximum atomic E-state index is 11.2. The quantitative estimate of drug-likeness (QED) is 0.780. The van der Waals surface area contributed by atoms with Gasteiger partial charge in [0, 0.05) is 35.3 Å². The highest BCUT2D eigenvalue weighted by Crippen LogP contribution is 2.42. The molecule has 2 aliphatic rings. The van der Waals surface area contributed by atoms with Crippen LogP contribution in [0.2, 0.25) is 0 Å². The van der Waals surface area contributed by atoms with Crippen LogP contribution in [-0.4, -0.2) is 41.7 Å². The molecule has 0 bridgehead atoms. The third-order valence-corrected chi connectivity index (χ3v) is 6.19. The number of hydrogen-bond donors (Lipinski definition) is 0. The Kier molecular flexibility index (Phi) is 3.57. The molecule has 0 radical (unpaired) electrons. The average Bonchev–Trinajstić information content (AvgIpc) is 2.98. The van der Waals surface area contributed by atoms with Crippen molar-refractivity contribution in [2.75, 3.05) is 18.1 Å². The number of rotatable bonds is 2. The lowest BCUT2D eigenvalue weighted by Crippen LogP contribution is -2.40. The zero-order valence-corrected chi connectivity index (χ0v) is 12.7. The highest BCUT2D eigenvalue weighted by molar-refractivity contribution is 8.13. The monoisotopic (exact) mass is 322 g/mol. The van der Waals surface area contributed by atoms with Crippen LogP contribution in [0.4, 0.5) is 0 Å². The van der Waals surface area contributed by atoms with Crippen LogP contribution < -0.4 is 0 Å². The van der Waals surface area contributed by atoms with E-state index in [2.05, 4.69) is 4.98 Å². The van der Waals surface area contributed by atoms with Crippen molar-refractivity contribution in [2.45, 2.75) is 35.9 Å². The summed E-state index contributed by atoms with van der Waals surface area (Å²) in [4.78, 5) is 3.87. The Morgan fingerprint density at radius 3 is 3.05 bits per heavy atom. The normalized spacial score (nSPS) is 31.9. The fraction of sp³-hybridized carbons (Fsp3) is 0.727. The van der Waals surface area contributed by atoms with Crippen molar-refractivity contribution in [1.29, 1.82) is 0 Å². The zero-order chi connectivity index (χ0) is 13.5.